The molecular weight excluding hydrogens is 230 g/mol. The number of nitrogens with zero attached hydrogens (tertiary/aromatic N) is 2. The normalized spacial score (nSPS) is 10.5. The molecule has 0 aliphatic rings. The van der Waals surface area contributed by atoms with Gasteiger partial charge in [0.1, 0.15) is 17.3 Å². The van der Waals surface area contributed by atoms with Gasteiger partial charge in [-0.2, -0.15) is 5.10 Å². The van der Waals surface area contributed by atoms with E-state index in [4.69, 9.17) is 5.11 Å². The second-order valence-electron chi connectivity index (χ2n) is 3.38. The molecule has 0 aliphatic carbocycles. The Morgan fingerprint density at radius 2 is 1.94 bits per heavy atom. The quantitative estimate of drug-likeness (QED) is 0.888. The Bertz CT molecular complexity index is 546. The summed E-state index contributed by atoms with van der Waals surface area (Å²) in [4.78, 5) is 10.8. The molecule has 1 aromatic carbocycles. The highest BCUT2D eigenvalue weighted by molar-refractivity contribution is 5.85. The Kier molecular flexibility index (Phi) is 2.86. The molecule has 2 rings (SSSR count). The SMILES string of the molecule is O=C(O)c1ccnn1Cc1c(F)cccc1F. The maximum absolute atomic E-state index is 13.3. The van der Waals surface area contributed by atoms with Gasteiger partial charge in [-0.1, -0.05) is 6.07 Å². The minimum Gasteiger partial charge on any atom is -0.477 e. The molecule has 6 heteroatoms. The Morgan fingerprint density at radius 3 is 2.53 bits per heavy atom. The Morgan fingerprint density at radius 1 is 1.29 bits per heavy atom. The molecule has 1 N–H and O–H groups in total. The van der Waals surface area contributed by atoms with Crippen LogP contribution in [0.5, 0.6) is 0 Å². The van der Waals surface area contributed by atoms with E-state index in [1.165, 1.54) is 18.3 Å². The Hall–Kier alpha value is -2.24. The summed E-state index contributed by atoms with van der Waals surface area (Å²) >= 11 is 0. The molecule has 0 fully saturated rings. The minimum atomic E-state index is -1.20. The highest BCUT2D eigenvalue weighted by Crippen LogP contribution is 2.14. The van der Waals surface area contributed by atoms with Crippen molar-refractivity contribution in [3.63, 3.8) is 0 Å². The highest BCUT2D eigenvalue weighted by atomic mass is 19.1. The predicted molar refractivity (Wildman–Crippen MR) is 54.6 cm³/mol. The van der Waals surface area contributed by atoms with Gasteiger partial charge < -0.3 is 5.11 Å². The van der Waals surface area contributed by atoms with Crippen molar-refractivity contribution in [3.05, 3.63) is 53.4 Å². The largest absolute Gasteiger partial charge is 0.477 e. The zero-order chi connectivity index (χ0) is 12.4. The number of hydrogen-bond donors (Lipinski definition) is 1. The topological polar surface area (TPSA) is 55.1 Å². The lowest BCUT2D eigenvalue weighted by Gasteiger charge is -2.06. The summed E-state index contributed by atoms with van der Waals surface area (Å²) in [6, 6.07) is 4.74. The molecule has 0 aliphatic heterocycles. The van der Waals surface area contributed by atoms with E-state index in [9.17, 15) is 13.6 Å². The van der Waals surface area contributed by atoms with Gasteiger partial charge in [0.25, 0.3) is 0 Å². The van der Waals surface area contributed by atoms with E-state index in [2.05, 4.69) is 5.10 Å². The molecule has 0 saturated carbocycles. The van der Waals surface area contributed by atoms with Gasteiger partial charge in [-0.15, -0.1) is 0 Å². The van der Waals surface area contributed by atoms with Crippen molar-refractivity contribution in [2.24, 2.45) is 0 Å². The third-order valence-electron chi connectivity index (χ3n) is 2.31. The van der Waals surface area contributed by atoms with Crippen LogP contribution in [0.4, 0.5) is 8.78 Å². The van der Waals surface area contributed by atoms with Crippen LogP contribution in [0.1, 0.15) is 16.1 Å². The van der Waals surface area contributed by atoms with Gasteiger partial charge in [-0.05, 0) is 18.2 Å². The number of carboxylic acid groups (broad SMARTS) is 1. The molecule has 2 aromatic rings. The number of rotatable bonds is 3. The first kappa shape index (κ1) is 11.3. The lowest BCUT2D eigenvalue weighted by molar-refractivity contribution is 0.0683. The van der Waals surface area contributed by atoms with Crippen LogP contribution in [0.3, 0.4) is 0 Å². The molecule has 0 bridgehead atoms. The van der Waals surface area contributed by atoms with Crippen molar-refractivity contribution in [2.75, 3.05) is 0 Å². The van der Waals surface area contributed by atoms with E-state index in [1.54, 1.807) is 0 Å². The van der Waals surface area contributed by atoms with E-state index in [0.717, 1.165) is 16.8 Å². The van der Waals surface area contributed by atoms with Crippen LogP contribution in [0.2, 0.25) is 0 Å². The Balaban J connectivity index is 2.38. The average molecular weight is 238 g/mol. The molecule has 1 aromatic heterocycles. The molecule has 0 atom stereocenters. The molecular formula is C11H8F2N2O2. The number of benzene rings is 1. The van der Waals surface area contributed by atoms with Crippen molar-refractivity contribution >= 4 is 5.97 Å². The van der Waals surface area contributed by atoms with E-state index >= 15 is 0 Å². The van der Waals surface area contributed by atoms with E-state index in [0.29, 0.717) is 0 Å². The number of hydrogen-bond acceptors (Lipinski definition) is 2. The summed E-state index contributed by atoms with van der Waals surface area (Å²) in [5, 5.41) is 12.5. The van der Waals surface area contributed by atoms with Gasteiger partial charge in [0, 0.05) is 11.8 Å². The zero-order valence-corrected chi connectivity index (χ0v) is 8.60. The van der Waals surface area contributed by atoms with E-state index in [-0.39, 0.29) is 17.8 Å². The smallest absolute Gasteiger partial charge is 0.354 e. The summed E-state index contributed by atoms with van der Waals surface area (Å²) in [5.41, 5.74) is -0.327. The van der Waals surface area contributed by atoms with Crippen molar-refractivity contribution in [1.82, 2.24) is 9.78 Å². The van der Waals surface area contributed by atoms with Crippen LogP contribution in [-0.2, 0) is 6.54 Å². The Labute approximate surface area is 95.1 Å². The highest BCUT2D eigenvalue weighted by Gasteiger charge is 2.14. The van der Waals surface area contributed by atoms with Crippen LogP contribution in [0.15, 0.2) is 30.5 Å². The molecule has 1 heterocycles. The summed E-state index contributed by atoms with van der Waals surface area (Å²) in [6.07, 6.45) is 1.27. The van der Waals surface area contributed by atoms with Gasteiger partial charge in [-0.3, -0.25) is 4.68 Å². The third kappa shape index (κ3) is 2.15. The van der Waals surface area contributed by atoms with Crippen LogP contribution < -0.4 is 0 Å². The zero-order valence-electron chi connectivity index (χ0n) is 8.60. The third-order valence-corrected chi connectivity index (χ3v) is 2.31. The summed E-state index contributed by atoms with van der Waals surface area (Å²) in [6.45, 7) is -0.257. The van der Waals surface area contributed by atoms with E-state index < -0.39 is 17.6 Å². The van der Waals surface area contributed by atoms with Gasteiger partial charge in [-0.25, -0.2) is 13.6 Å². The summed E-state index contributed by atoms with van der Waals surface area (Å²) in [5.74, 6) is -2.65. The van der Waals surface area contributed by atoms with Gasteiger partial charge in [0.05, 0.1) is 6.54 Å². The predicted octanol–water partition coefficient (Wildman–Crippen LogP) is 1.91. The first-order valence-electron chi connectivity index (χ1n) is 4.77. The lowest BCUT2D eigenvalue weighted by atomic mass is 10.2. The van der Waals surface area contributed by atoms with Crippen LogP contribution in [0.25, 0.3) is 0 Å². The number of carbonyl (C=O) groups is 1. The second-order valence-corrected chi connectivity index (χ2v) is 3.38. The summed E-state index contributed by atoms with van der Waals surface area (Å²) < 4.78 is 27.7. The first-order valence-corrected chi connectivity index (χ1v) is 4.77. The molecule has 0 amide bonds. The average Bonchev–Trinajstić information content (AvgIpc) is 2.72. The maximum atomic E-state index is 13.3. The fraction of sp³-hybridized carbons (Fsp3) is 0.0909. The molecule has 88 valence electrons. The van der Waals surface area contributed by atoms with Crippen molar-refractivity contribution in [3.8, 4) is 0 Å². The standard InChI is InChI=1S/C11H8F2N2O2/c12-8-2-1-3-9(13)7(8)6-15-10(11(16)17)4-5-14-15/h1-5H,6H2,(H,16,17). The molecule has 0 radical (unpaired) electrons. The van der Waals surface area contributed by atoms with Crippen molar-refractivity contribution in [2.45, 2.75) is 6.54 Å². The first-order chi connectivity index (χ1) is 8.09. The molecule has 4 nitrogen and oxygen atoms in total. The number of halogens is 2. The maximum Gasteiger partial charge on any atom is 0.354 e. The lowest BCUT2D eigenvalue weighted by Crippen LogP contribution is -2.12. The van der Waals surface area contributed by atoms with Gasteiger partial charge in [0.2, 0.25) is 0 Å². The fourth-order valence-electron chi connectivity index (χ4n) is 1.47. The molecule has 0 unspecified atom stereocenters. The van der Waals surface area contributed by atoms with Crippen LogP contribution in [-0.4, -0.2) is 20.9 Å². The number of aromatic carboxylic acids is 1. The molecule has 0 saturated heterocycles. The molecule has 0 spiro atoms. The molecule has 17 heavy (non-hydrogen) atoms. The summed E-state index contributed by atoms with van der Waals surface area (Å²) in [7, 11) is 0. The second kappa shape index (κ2) is 4.32. The van der Waals surface area contributed by atoms with E-state index in [1.807, 2.05) is 0 Å². The van der Waals surface area contributed by atoms with Crippen molar-refractivity contribution < 1.29 is 18.7 Å². The monoisotopic (exact) mass is 238 g/mol. The van der Waals surface area contributed by atoms with Crippen LogP contribution in [0, 0.1) is 11.6 Å². The van der Waals surface area contributed by atoms with Crippen LogP contribution >= 0.6 is 0 Å². The fourth-order valence-corrected chi connectivity index (χ4v) is 1.47. The van der Waals surface area contributed by atoms with Gasteiger partial charge in [0.15, 0.2) is 0 Å². The van der Waals surface area contributed by atoms with Crippen molar-refractivity contribution in [1.29, 1.82) is 0 Å². The number of carboxylic acids is 1. The minimum absolute atomic E-state index is 0.118. The van der Waals surface area contributed by atoms with Gasteiger partial charge >= 0.3 is 5.97 Å². The number of aromatic nitrogens is 2.